The van der Waals surface area contributed by atoms with Gasteiger partial charge in [-0.15, -0.1) is 0 Å². The van der Waals surface area contributed by atoms with Crippen molar-refractivity contribution in [3.8, 4) is 0 Å². The molecule has 0 unspecified atom stereocenters. The zero-order valence-corrected chi connectivity index (χ0v) is 13.6. The monoisotopic (exact) mass is 282 g/mol. The van der Waals surface area contributed by atoms with E-state index in [0.29, 0.717) is 0 Å². The van der Waals surface area contributed by atoms with Crippen LogP contribution in [0, 0.1) is 0 Å². The van der Waals surface area contributed by atoms with Gasteiger partial charge in [0.25, 0.3) is 0 Å². The normalized spacial score (nSPS) is 22.3. The summed E-state index contributed by atoms with van der Waals surface area (Å²) in [5.74, 6) is 0. The highest BCUT2D eigenvalue weighted by Gasteiger charge is 2.25. The number of hydrogen-bond acceptors (Lipinski definition) is 0. The molecule has 0 spiro atoms. The van der Waals surface area contributed by atoms with Crippen LogP contribution < -0.4 is 0 Å². The molecule has 0 atom stereocenters. The van der Waals surface area contributed by atoms with E-state index < -0.39 is 0 Å². The maximum absolute atomic E-state index is 1.85. The quantitative estimate of drug-likeness (QED) is 0.552. The molecule has 0 aromatic heterocycles. The first-order chi connectivity index (χ1) is 10.4. The minimum atomic E-state index is 1.39. The van der Waals surface area contributed by atoms with E-state index in [2.05, 4.69) is 0 Å². The molecule has 0 saturated heterocycles. The summed E-state index contributed by atoms with van der Waals surface area (Å²) in [5, 5.41) is 0. The fraction of sp³-hybridized carbons (Fsp3) is 0.714. The molecule has 0 N–H and O–H groups in total. The molecule has 114 valence electrons. The van der Waals surface area contributed by atoms with Crippen LogP contribution in [-0.2, 0) is 38.5 Å². The summed E-state index contributed by atoms with van der Waals surface area (Å²) in [7, 11) is 0. The summed E-state index contributed by atoms with van der Waals surface area (Å²) in [6.45, 7) is 0. The van der Waals surface area contributed by atoms with E-state index in [1.165, 1.54) is 96.3 Å². The Kier molecular flexibility index (Phi) is 4.05. The first kappa shape index (κ1) is 13.9. The Hall–Kier alpha value is -0.780. The molecule has 21 heavy (non-hydrogen) atoms. The van der Waals surface area contributed by atoms with Crippen LogP contribution in [0.25, 0.3) is 0 Å². The van der Waals surface area contributed by atoms with Crippen LogP contribution in [0.2, 0.25) is 0 Å². The second-order valence-electron chi connectivity index (χ2n) is 7.55. The third kappa shape index (κ3) is 2.56. The molecule has 3 aliphatic carbocycles. The number of benzene rings is 1. The molecular weight excluding hydrogens is 252 g/mol. The van der Waals surface area contributed by atoms with E-state index >= 15 is 0 Å². The highest BCUT2D eigenvalue weighted by atomic mass is 14.3. The Balaban J connectivity index is 1.93. The lowest BCUT2D eigenvalue weighted by Crippen LogP contribution is -2.11. The molecule has 0 fully saturated rings. The van der Waals surface area contributed by atoms with Crippen LogP contribution in [0.1, 0.15) is 91.2 Å². The van der Waals surface area contributed by atoms with Gasteiger partial charge in [0, 0.05) is 0 Å². The third-order valence-corrected chi connectivity index (χ3v) is 6.25. The van der Waals surface area contributed by atoms with Crippen molar-refractivity contribution in [3.05, 3.63) is 33.4 Å². The summed E-state index contributed by atoms with van der Waals surface area (Å²) < 4.78 is 0. The van der Waals surface area contributed by atoms with E-state index in [1.54, 1.807) is 0 Å². The minimum Gasteiger partial charge on any atom is -0.0527 e. The summed E-state index contributed by atoms with van der Waals surface area (Å²) in [5.41, 5.74) is 11.1. The van der Waals surface area contributed by atoms with Crippen molar-refractivity contribution in [2.45, 2.75) is 96.3 Å². The first-order valence-electron chi connectivity index (χ1n) is 9.62. The topological polar surface area (TPSA) is 0 Å². The van der Waals surface area contributed by atoms with Gasteiger partial charge in [-0.1, -0.05) is 19.3 Å². The fourth-order valence-electron chi connectivity index (χ4n) is 5.24. The van der Waals surface area contributed by atoms with Crippen molar-refractivity contribution in [3.63, 3.8) is 0 Å². The Morgan fingerprint density at radius 1 is 0.238 bits per heavy atom. The van der Waals surface area contributed by atoms with Crippen molar-refractivity contribution >= 4 is 0 Å². The first-order valence-corrected chi connectivity index (χ1v) is 9.62. The molecule has 1 aromatic carbocycles. The van der Waals surface area contributed by atoms with Crippen molar-refractivity contribution in [2.24, 2.45) is 0 Å². The van der Waals surface area contributed by atoms with E-state index in [-0.39, 0.29) is 0 Å². The molecule has 0 radical (unpaired) electrons. The molecule has 4 rings (SSSR count). The molecule has 1 aromatic rings. The summed E-state index contributed by atoms with van der Waals surface area (Å²) in [6.07, 6.45) is 21.4. The average Bonchev–Trinajstić information content (AvgIpc) is 2.97. The summed E-state index contributed by atoms with van der Waals surface area (Å²) >= 11 is 0. The predicted molar refractivity (Wildman–Crippen MR) is 90.2 cm³/mol. The Labute approximate surface area is 130 Å². The predicted octanol–water partition coefficient (Wildman–Crippen LogP) is 5.49. The fourth-order valence-corrected chi connectivity index (χ4v) is 5.24. The summed E-state index contributed by atoms with van der Waals surface area (Å²) in [6, 6.07) is 0. The Morgan fingerprint density at radius 3 is 0.619 bits per heavy atom. The van der Waals surface area contributed by atoms with Gasteiger partial charge in [0.2, 0.25) is 0 Å². The van der Waals surface area contributed by atoms with E-state index in [4.69, 9.17) is 0 Å². The molecule has 0 bridgehead atoms. The Bertz CT molecular complexity index is 383. The number of fused-ring (bicyclic) bond motifs is 6. The van der Waals surface area contributed by atoms with Gasteiger partial charge in [-0.2, -0.15) is 0 Å². The lowest BCUT2D eigenvalue weighted by atomic mass is 9.81. The van der Waals surface area contributed by atoms with Crippen LogP contribution in [0.5, 0.6) is 0 Å². The summed E-state index contributed by atoms with van der Waals surface area (Å²) in [4.78, 5) is 0. The second kappa shape index (κ2) is 6.15. The van der Waals surface area contributed by atoms with Crippen molar-refractivity contribution < 1.29 is 0 Å². The molecule has 0 heteroatoms. The van der Waals surface area contributed by atoms with E-state index in [9.17, 15) is 0 Å². The van der Waals surface area contributed by atoms with Gasteiger partial charge in [0.15, 0.2) is 0 Å². The van der Waals surface area contributed by atoms with Crippen LogP contribution in [0.15, 0.2) is 0 Å². The van der Waals surface area contributed by atoms with Gasteiger partial charge < -0.3 is 0 Å². The van der Waals surface area contributed by atoms with Crippen LogP contribution >= 0.6 is 0 Å². The molecule has 0 saturated carbocycles. The lowest BCUT2D eigenvalue weighted by molar-refractivity contribution is 0.701. The third-order valence-electron chi connectivity index (χ3n) is 6.25. The SMILES string of the molecule is C1CCc2c3c(c4c(c2CC1)CCCCC4)CCCCC3. The Morgan fingerprint density at radius 2 is 0.429 bits per heavy atom. The maximum atomic E-state index is 1.85. The zero-order valence-electron chi connectivity index (χ0n) is 13.6. The highest BCUT2D eigenvalue weighted by Crippen LogP contribution is 2.38. The highest BCUT2D eigenvalue weighted by molar-refractivity contribution is 5.53. The van der Waals surface area contributed by atoms with Gasteiger partial charge in [0.05, 0.1) is 0 Å². The van der Waals surface area contributed by atoms with Crippen molar-refractivity contribution in [2.75, 3.05) is 0 Å². The zero-order chi connectivity index (χ0) is 14.1. The molecule has 3 aliphatic rings. The van der Waals surface area contributed by atoms with Crippen LogP contribution in [-0.4, -0.2) is 0 Å². The van der Waals surface area contributed by atoms with Crippen molar-refractivity contribution in [1.82, 2.24) is 0 Å². The lowest BCUT2D eigenvalue weighted by Gasteiger charge is -2.24. The molecule has 0 nitrogen and oxygen atoms in total. The van der Waals surface area contributed by atoms with Gasteiger partial charge in [-0.05, 0) is 110 Å². The molecule has 0 amide bonds. The minimum absolute atomic E-state index is 1.39. The van der Waals surface area contributed by atoms with Gasteiger partial charge in [0.1, 0.15) is 0 Å². The average molecular weight is 282 g/mol. The van der Waals surface area contributed by atoms with Crippen LogP contribution in [0.4, 0.5) is 0 Å². The van der Waals surface area contributed by atoms with E-state index in [0.717, 1.165) is 0 Å². The van der Waals surface area contributed by atoms with Gasteiger partial charge in [-0.3, -0.25) is 0 Å². The van der Waals surface area contributed by atoms with Gasteiger partial charge in [-0.25, -0.2) is 0 Å². The van der Waals surface area contributed by atoms with Gasteiger partial charge >= 0.3 is 0 Å². The number of rotatable bonds is 0. The molecule has 0 heterocycles. The van der Waals surface area contributed by atoms with Crippen molar-refractivity contribution in [1.29, 1.82) is 0 Å². The van der Waals surface area contributed by atoms with Crippen LogP contribution in [0.3, 0.4) is 0 Å². The maximum Gasteiger partial charge on any atom is -0.0273 e. The largest absolute Gasteiger partial charge is 0.0527 e. The molecular formula is C21H30. The van der Waals surface area contributed by atoms with E-state index in [1.807, 2.05) is 33.4 Å². The second-order valence-corrected chi connectivity index (χ2v) is 7.55. The number of hydrogen-bond donors (Lipinski definition) is 0. The standard InChI is InChI=1S/C21H30/c1-4-10-16-17(11-5-1)19-13-7-3-9-15-21(19)20-14-8-2-6-12-18(16)20/h1-15H2. The smallest absolute Gasteiger partial charge is 0.0273 e. The molecule has 0 aliphatic heterocycles.